The van der Waals surface area contributed by atoms with E-state index in [9.17, 15) is 9.90 Å². The van der Waals surface area contributed by atoms with Crippen molar-refractivity contribution < 1.29 is 9.90 Å². The zero-order chi connectivity index (χ0) is 18.5. The normalized spacial score (nSPS) is 18.7. The summed E-state index contributed by atoms with van der Waals surface area (Å²) in [6.45, 7) is 0. The molecule has 2 heterocycles. The summed E-state index contributed by atoms with van der Waals surface area (Å²) in [6.07, 6.45) is 0.717. The van der Waals surface area contributed by atoms with Crippen molar-refractivity contribution in [3.8, 4) is 22.4 Å². The molecular formula is C22H16ClNO2S. The second-order valence-corrected chi connectivity index (χ2v) is 8.46. The van der Waals surface area contributed by atoms with E-state index in [4.69, 9.17) is 11.6 Å². The Labute approximate surface area is 165 Å². The van der Waals surface area contributed by atoms with Crippen molar-refractivity contribution in [1.29, 1.82) is 0 Å². The summed E-state index contributed by atoms with van der Waals surface area (Å²) in [5.74, 6) is -0.851. The zero-order valence-electron chi connectivity index (χ0n) is 14.3. The van der Waals surface area contributed by atoms with Gasteiger partial charge in [0.05, 0.1) is 11.6 Å². The van der Waals surface area contributed by atoms with Gasteiger partial charge in [-0.1, -0.05) is 48.0 Å². The Morgan fingerprint density at radius 3 is 2.74 bits per heavy atom. The quantitative estimate of drug-likeness (QED) is 0.421. The van der Waals surface area contributed by atoms with Gasteiger partial charge >= 0.3 is 5.97 Å². The Bertz CT molecular complexity index is 1180. The fraction of sp³-hybridized carbons (Fsp3) is 0.136. The SMILES string of the molecule is O=C(O)C1CC1c1cccc(-c2[nH]c3ccccc3c2-c2ccsc2Cl)c1. The molecule has 1 saturated carbocycles. The van der Waals surface area contributed by atoms with Crippen molar-refractivity contribution in [3.05, 3.63) is 69.9 Å². The van der Waals surface area contributed by atoms with Crippen LogP contribution in [0, 0.1) is 5.92 Å². The van der Waals surface area contributed by atoms with Crippen molar-refractivity contribution >= 4 is 39.8 Å². The van der Waals surface area contributed by atoms with Crippen LogP contribution < -0.4 is 0 Å². The highest BCUT2D eigenvalue weighted by Gasteiger charge is 2.44. The molecule has 134 valence electrons. The smallest absolute Gasteiger partial charge is 0.307 e. The van der Waals surface area contributed by atoms with E-state index in [1.807, 2.05) is 29.6 Å². The lowest BCUT2D eigenvalue weighted by molar-refractivity contribution is -0.138. The number of halogens is 1. The van der Waals surface area contributed by atoms with E-state index in [2.05, 4.69) is 35.3 Å². The van der Waals surface area contributed by atoms with Gasteiger partial charge in [0.2, 0.25) is 0 Å². The lowest BCUT2D eigenvalue weighted by atomic mass is 9.98. The summed E-state index contributed by atoms with van der Waals surface area (Å²) in [6, 6.07) is 18.5. The second kappa shape index (κ2) is 6.25. The largest absolute Gasteiger partial charge is 0.481 e. The summed E-state index contributed by atoms with van der Waals surface area (Å²) < 4.78 is 0.769. The number of carboxylic acid groups (broad SMARTS) is 1. The average Bonchev–Trinajstić information content (AvgIpc) is 3.25. The Morgan fingerprint density at radius 1 is 1.15 bits per heavy atom. The molecule has 0 saturated heterocycles. The summed E-state index contributed by atoms with van der Waals surface area (Å²) in [7, 11) is 0. The van der Waals surface area contributed by atoms with Gasteiger partial charge in [-0.05, 0) is 47.0 Å². The number of aromatic nitrogens is 1. The Balaban J connectivity index is 1.68. The third-order valence-electron chi connectivity index (χ3n) is 5.30. The first-order valence-electron chi connectivity index (χ1n) is 8.80. The number of carbonyl (C=O) groups is 1. The van der Waals surface area contributed by atoms with Crippen LogP contribution in [0.4, 0.5) is 0 Å². The summed E-state index contributed by atoms with van der Waals surface area (Å²) in [5, 5.41) is 12.4. The molecule has 1 aliphatic carbocycles. The molecule has 2 N–H and O–H groups in total. The third-order valence-corrected chi connectivity index (χ3v) is 6.47. The molecule has 5 heteroatoms. The van der Waals surface area contributed by atoms with Crippen molar-refractivity contribution in [2.24, 2.45) is 5.92 Å². The van der Waals surface area contributed by atoms with Crippen LogP contribution in [0.3, 0.4) is 0 Å². The number of hydrogen-bond donors (Lipinski definition) is 2. The van der Waals surface area contributed by atoms with Crippen molar-refractivity contribution in [1.82, 2.24) is 4.98 Å². The lowest BCUT2D eigenvalue weighted by Crippen LogP contribution is -1.98. The fourth-order valence-corrected chi connectivity index (χ4v) is 4.80. The molecule has 0 bridgehead atoms. The maximum atomic E-state index is 11.2. The van der Waals surface area contributed by atoms with Gasteiger partial charge in [0.15, 0.2) is 0 Å². The third kappa shape index (κ3) is 2.76. The van der Waals surface area contributed by atoms with Crippen molar-refractivity contribution in [3.63, 3.8) is 0 Å². The molecule has 2 unspecified atom stereocenters. The first-order valence-corrected chi connectivity index (χ1v) is 10.1. The minimum atomic E-state index is -0.707. The van der Waals surface area contributed by atoms with E-state index in [1.165, 1.54) is 11.3 Å². The van der Waals surface area contributed by atoms with Crippen molar-refractivity contribution in [2.45, 2.75) is 12.3 Å². The molecule has 0 amide bonds. The maximum absolute atomic E-state index is 11.2. The number of rotatable bonds is 4. The van der Waals surface area contributed by atoms with Gasteiger partial charge in [0.1, 0.15) is 4.34 Å². The van der Waals surface area contributed by atoms with Gasteiger partial charge in [0, 0.05) is 22.0 Å². The molecule has 0 radical (unpaired) electrons. The molecule has 1 aliphatic rings. The Kier molecular flexibility index (Phi) is 3.85. The van der Waals surface area contributed by atoms with Crippen LogP contribution in [0.15, 0.2) is 60.0 Å². The predicted octanol–water partition coefficient (Wildman–Crippen LogP) is 6.40. The van der Waals surface area contributed by atoms with E-state index in [1.54, 1.807) is 0 Å². The van der Waals surface area contributed by atoms with E-state index in [0.29, 0.717) is 6.42 Å². The van der Waals surface area contributed by atoms with Crippen LogP contribution in [0.2, 0.25) is 4.34 Å². The van der Waals surface area contributed by atoms with E-state index < -0.39 is 5.97 Å². The van der Waals surface area contributed by atoms with E-state index >= 15 is 0 Å². The molecule has 2 atom stereocenters. The molecule has 2 aromatic heterocycles. The van der Waals surface area contributed by atoms with Gasteiger partial charge in [0.25, 0.3) is 0 Å². The molecule has 2 aromatic carbocycles. The molecule has 1 fully saturated rings. The average molecular weight is 394 g/mol. The second-order valence-electron chi connectivity index (χ2n) is 6.94. The number of carboxylic acids is 1. The monoisotopic (exact) mass is 393 g/mol. The van der Waals surface area contributed by atoms with E-state index in [0.717, 1.165) is 43.2 Å². The van der Waals surface area contributed by atoms with Crippen molar-refractivity contribution in [2.75, 3.05) is 0 Å². The fourth-order valence-electron chi connectivity index (χ4n) is 3.87. The van der Waals surface area contributed by atoms with Gasteiger partial charge in [-0.3, -0.25) is 4.79 Å². The number of H-pyrrole nitrogens is 1. The minimum Gasteiger partial charge on any atom is -0.481 e. The van der Waals surface area contributed by atoms with Gasteiger partial charge in [-0.25, -0.2) is 0 Å². The number of thiophene rings is 1. The molecule has 4 aromatic rings. The van der Waals surface area contributed by atoms with Gasteiger partial charge in [-0.15, -0.1) is 11.3 Å². The number of nitrogens with one attached hydrogen (secondary N) is 1. The number of aliphatic carboxylic acids is 1. The highest BCUT2D eigenvalue weighted by molar-refractivity contribution is 7.15. The highest BCUT2D eigenvalue weighted by Crippen LogP contribution is 2.49. The first-order chi connectivity index (χ1) is 13.1. The lowest BCUT2D eigenvalue weighted by Gasteiger charge is -2.07. The molecule has 0 aliphatic heterocycles. The van der Waals surface area contributed by atoms with Crippen LogP contribution >= 0.6 is 22.9 Å². The molecule has 3 nitrogen and oxygen atoms in total. The van der Waals surface area contributed by atoms with Crippen LogP contribution in [-0.4, -0.2) is 16.1 Å². The number of benzene rings is 2. The topological polar surface area (TPSA) is 53.1 Å². The molecule has 5 rings (SSSR count). The standard InChI is InChI=1S/C22H16ClNO2S/c23-21-15(8-9-27-21)19-14-6-1-2-7-18(14)24-20(19)13-5-3-4-12(10-13)16-11-17(16)22(25)26/h1-10,16-17,24H,11H2,(H,25,26). The minimum absolute atomic E-state index is 0.111. The first kappa shape index (κ1) is 16.6. The summed E-state index contributed by atoms with van der Waals surface area (Å²) in [5.41, 5.74) is 6.34. The zero-order valence-corrected chi connectivity index (χ0v) is 15.8. The van der Waals surface area contributed by atoms with E-state index in [-0.39, 0.29) is 11.8 Å². The summed E-state index contributed by atoms with van der Waals surface area (Å²) in [4.78, 5) is 14.8. The predicted molar refractivity (Wildman–Crippen MR) is 111 cm³/mol. The highest BCUT2D eigenvalue weighted by atomic mass is 35.5. The molecular weight excluding hydrogens is 378 g/mol. The van der Waals surface area contributed by atoms with Crippen LogP contribution in [0.25, 0.3) is 33.3 Å². The summed E-state index contributed by atoms with van der Waals surface area (Å²) >= 11 is 8.00. The Hall–Kier alpha value is -2.56. The Morgan fingerprint density at radius 2 is 2.00 bits per heavy atom. The maximum Gasteiger partial charge on any atom is 0.307 e. The number of para-hydroxylation sites is 1. The van der Waals surface area contributed by atoms with Gasteiger partial charge in [-0.2, -0.15) is 0 Å². The van der Waals surface area contributed by atoms with Crippen LogP contribution in [-0.2, 0) is 4.79 Å². The van der Waals surface area contributed by atoms with Gasteiger partial charge < -0.3 is 10.1 Å². The number of hydrogen-bond acceptors (Lipinski definition) is 2. The number of fused-ring (bicyclic) bond motifs is 1. The molecule has 0 spiro atoms. The van der Waals surface area contributed by atoms with Crippen LogP contribution in [0.5, 0.6) is 0 Å². The van der Waals surface area contributed by atoms with Crippen LogP contribution in [0.1, 0.15) is 17.9 Å². The number of aromatic amines is 1. The molecule has 27 heavy (non-hydrogen) atoms.